The van der Waals surface area contributed by atoms with E-state index in [1.807, 2.05) is 62.4 Å². The van der Waals surface area contributed by atoms with Crippen molar-refractivity contribution in [1.29, 1.82) is 0 Å². The number of carbonyl (C=O) groups is 2. The van der Waals surface area contributed by atoms with E-state index in [1.54, 1.807) is 30.5 Å². The largest absolute Gasteiger partial charge is 0.507 e. The number of nitrogens with one attached hydrogen (secondary N) is 1. The number of aromatic nitrogens is 1. The quantitative estimate of drug-likeness (QED) is 0.211. The highest BCUT2D eigenvalue weighted by atomic mass is 16.5. The Labute approximate surface area is 203 Å². The molecule has 1 amide bonds. The zero-order valence-corrected chi connectivity index (χ0v) is 19.6. The molecule has 0 saturated carbocycles. The van der Waals surface area contributed by atoms with Gasteiger partial charge in [0.05, 0.1) is 18.2 Å². The Hall–Kier alpha value is -4.32. The number of carbonyl (C=O) groups excluding carboxylic acids is 2. The zero-order chi connectivity index (χ0) is 24.5. The molecular weight excluding hydrogens is 440 g/mol. The highest BCUT2D eigenvalue weighted by Gasteiger charge is 2.48. The first-order chi connectivity index (χ1) is 17.0. The van der Waals surface area contributed by atoms with Crippen LogP contribution in [0.2, 0.25) is 0 Å². The number of anilines is 1. The van der Waals surface area contributed by atoms with Gasteiger partial charge in [-0.25, -0.2) is 0 Å². The summed E-state index contributed by atoms with van der Waals surface area (Å²) >= 11 is 0. The fraction of sp³-hybridized carbons (Fsp3) is 0.172. The van der Waals surface area contributed by atoms with Gasteiger partial charge in [0.25, 0.3) is 11.7 Å². The number of aliphatic hydroxyl groups is 1. The number of Topliss-reactive ketones (excluding diaryl/α,β-unsaturated/α-hetero) is 1. The van der Waals surface area contributed by atoms with Crippen molar-refractivity contribution < 1.29 is 19.4 Å². The smallest absolute Gasteiger partial charge is 0.300 e. The van der Waals surface area contributed by atoms with E-state index in [0.29, 0.717) is 23.6 Å². The van der Waals surface area contributed by atoms with Crippen molar-refractivity contribution in [1.82, 2.24) is 4.98 Å². The number of ether oxygens (including phenoxy) is 1. The number of nitrogens with zero attached hydrogens (tertiary/aromatic N) is 1. The van der Waals surface area contributed by atoms with E-state index in [1.165, 1.54) is 4.90 Å². The van der Waals surface area contributed by atoms with Gasteiger partial charge in [-0.3, -0.25) is 14.5 Å². The van der Waals surface area contributed by atoms with Gasteiger partial charge in [-0.15, -0.1) is 0 Å². The molecule has 3 aromatic carbocycles. The van der Waals surface area contributed by atoms with E-state index in [0.717, 1.165) is 28.5 Å². The third kappa shape index (κ3) is 3.87. The Morgan fingerprint density at radius 2 is 1.80 bits per heavy atom. The number of H-pyrrole nitrogens is 1. The van der Waals surface area contributed by atoms with Crippen molar-refractivity contribution in [2.45, 2.75) is 26.3 Å². The number of hydrogen-bond acceptors (Lipinski definition) is 4. The number of fused-ring (bicyclic) bond motifs is 1. The number of rotatable bonds is 6. The SMILES string of the molecule is CCCOc1cccc(/C(O)=C2\C(=O)C(=O)N(c3ccccc3C)C2c2c[nH]c3ccccc23)c1. The Kier molecular flexibility index (Phi) is 5.87. The number of amides is 1. The molecule has 2 N–H and O–H groups in total. The van der Waals surface area contributed by atoms with Gasteiger partial charge in [0, 0.05) is 33.9 Å². The maximum Gasteiger partial charge on any atom is 0.300 e. The van der Waals surface area contributed by atoms with Crippen LogP contribution in [0, 0.1) is 6.92 Å². The Morgan fingerprint density at radius 1 is 1.03 bits per heavy atom. The predicted molar refractivity (Wildman–Crippen MR) is 136 cm³/mol. The van der Waals surface area contributed by atoms with Crippen LogP contribution in [0.25, 0.3) is 16.7 Å². The topological polar surface area (TPSA) is 82.6 Å². The number of benzene rings is 3. The summed E-state index contributed by atoms with van der Waals surface area (Å²) in [7, 11) is 0. The molecule has 4 aromatic rings. The average Bonchev–Trinajstić information content (AvgIpc) is 3.41. The van der Waals surface area contributed by atoms with Gasteiger partial charge in [0.2, 0.25) is 0 Å². The number of hydrogen-bond donors (Lipinski definition) is 2. The molecule has 1 atom stereocenters. The van der Waals surface area contributed by atoms with Crippen LogP contribution in [0.5, 0.6) is 5.75 Å². The molecule has 35 heavy (non-hydrogen) atoms. The lowest BCUT2D eigenvalue weighted by Crippen LogP contribution is -2.30. The summed E-state index contributed by atoms with van der Waals surface area (Å²) in [6.45, 7) is 4.45. The summed E-state index contributed by atoms with van der Waals surface area (Å²) < 4.78 is 5.72. The average molecular weight is 467 g/mol. The molecule has 1 aliphatic rings. The zero-order valence-electron chi connectivity index (χ0n) is 19.6. The van der Waals surface area contributed by atoms with Gasteiger partial charge < -0.3 is 14.8 Å². The lowest BCUT2D eigenvalue weighted by atomic mass is 9.94. The molecular formula is C29H26N2O4. The predicted octanol–water partition coefficient (Wildman–Crippen LogP) is 5.89. The molecule has 0 aliphatic carbocycles. The molecule has 6 heteroatoms. The molecule has 1 saturated heterocycles. The third-order valence-electron chi connectivity index (χ3n) is 6.32. The molecule has 0 radical (unpaired) electrons. The number of aromatic amines is 1. The monoisotopic (exact) mass is 466 g/mol. The second-order valence-corrected chi connectivity index (χ2v) is 8.62. The van der Waals surface area contributed by atoms with Gasteiger partial charge >= 0.3 is 0 Å². The summed E-state index contributed by atoms with van der Waals surface area (Å²) in [5.74, 6) is -1.03. The second-order valence-electron chi connectivity index (χ2n) is 8.62. The van der Waals surface area contributed by atoms with Crippen molar-refractivity contribution >= 4 is 34.0 Å². The van der Waals surface area contributed by atoms with Crippen LogP contribution in [-0.4, -0.2) is 28.4 Å². The Bertz CT molecular complexity index is 1470. The highest BCUT2D eigenvalue weighted by Crippen LogP contribution is 2.45. The Balaban J connectivity index is 1.74. The van der Waals surface area contributed by atoms with Crippen LogP contribution in [0.4, 0.5) is 5.69 Å². The molecule has 1 fully saturated rings. The summed E-state index contributed by atoms with van der Waals surface area (Å²) in [5, 5.41) is 12.3. The first-order valence-electron chi connectivity index (χ1n) is 11.7. The van der Waals surface area contributed by atoms with E-state index < -0.39 is 17.7 Å². The fourth-order valence-electron chi connectivity index (χ4n) is 4.64. The minimum absolute atomic E-state index is 0.0515. The van der Waals surface area contributed by atoms with Crippen molar-refractivity contribution in [3.63, 3.8) is 0 Å². The van der Waals surface area contributed by atoms with Gasteiger partial charge in [-0.2, -0.15) is 0 Å². The fourth-order valence-corrected chi connectivity index (χ4v) is 4.64. The molecule has 176 valence electrons. The van der Waals surface area contributed by atoms with Crippen LogP contribution in [-0.2, 0) is 9.59 Å². The summed E-state index contributed by atoms with van der Waals surface area (Å²) in [6.07, 6.45) is 2.65. The molecule has 1 aromatic heterocycles. The molecule has 1 unspecified atom stereocenters. The highest BCUT2D eigenvalue weighted by molar-refractivity contribution is 6.52. The van der Waals surface area contributed by atoms with Gasteiger partial charge in [0.15, 0.2) is 0 Å². The van der Waals surface area contributed by atoms with Crippen molar-refractivity contribution in [3.8, 4) is 5.75 Å². The number of aliphatic hydroxyl groups excluding tert-OH is 1. The minimum atomic E-state index is -0.799. The lowest BCUT2D eigenvalue weighted by Gasteiger charge is -2.26. The molecule has 0 bridgehead atoms. The molecule has 0 spiro atoms. The minimum Gasteiger partial charge on any atom is -0.507 e. The normalized spacial score (nSPS) is 17.3. The van der Waals surface area contributed by atoms with Crippen molar-refractivity contribution in [3.05, 3.63) is 101 Å². The first-order valence-corrected chi connectivity index (χ1v) is 11.7. The second kappa shape index (κ2) is 9.14. The number of para-hydroxylation sites is 2. The summed E-state index contributed by atoms with van der Waals surface area (Å²) in [6, 6.07) is 21.3. The van der Waals surface area contributed by atoms with E-state index in [9.17, 15) is 14.7 Å². The maximum atomic E-state index is 13.5. The number of ketones is 1. The lowest BCUT2D eigenvalue weighted by molar-refractivity contribution is -0.132. The van der Waals surface area contributed by atoms with E-state index in [2.05, 4.69) is 4.98 Å². The first kappa shape index (κ1) is 22.5. The summed E-state index contributed by atoms with van der Waals surface area (Å²) in [5.41, 5.74) is 3.58. The van der Waals surface area contributed by atoms with Crippen LogP contribution in [0.1, 0.15) is 36.1 Å². The molecule has 6 nitrogen and oxygen atoms in total. The van der Waals surface area contributed by atoms with Gasteiger partial charge in [0.1, 0.15) is 11.5 Å². The molecule has 5 rings (SSSR count). The van der Waals surface area contributed by atoms with E-state index in [-0.39, 0.29) is 11.3 Å². The van der Waals surface area contributed by atoms with E-state index in [4.69, 9.17) is 4.74 Å². The summed E-state index contributed by atoms with van der Waals surface area (Å²) in [4.78, 5) is 31.6. The van der Waals surface area contributed by atoms with Crippen LogP contribution < -0.4 is 9.64 Å². The van der Waals surface area contributed by atoms with Crippen molar-refractivity contribution in [2.24, 2.45) is 0 Å². The maximum absolute atomic E-state index is 13.5. The van der Waals surface area contributed by atoms with Crippen LogP contribution in [0.15, 0.2) is 84.6 Å². The van der Waals surface area contributed by atoms with Gasteiger partial charge in [-0.1, -0.05) is 55.5 Å². The van der Waals surface area contributed by atoms with Crippen LogP contribution >= 0.6 is 0 Å². The molecule has 1 aliphatic heterocycles. The standard InChI is InChI=1S/C29H26N2O4/c1-3-15-35-20-11-8-10-19(16-20)27(32)25-26(22-17-30-23-13-6-5-12-21(22)23)31(29(34)28(25)33)24-14-7-4-9-18(24)2/h4-14,16-17,26,30,32H,3,15H2,1-2H3/b27-25+. The van der Waals surface area contributed by atoms with Gasteiger partial charge in [-0.05, 0) is 43.2 Å². The Morgan fingerprint density at radius 3 is 2.60 bits per heavy atom. The van der Waals surface area contributed by atoms with E-state index >= 15 is 0 Å². The third-order valence-corrected chi connectivity index (χ3v) is 6.32. The molecule has 2 heterocycles. The van der Waals surface area contributed by atoms with Crippen LogP contribution in [0.3, 0.4) is 0 Å². The number of aryl methyl sites for hydroxylation is 1. The van der Waals surface area contributed by atoms with Crippen molar-refractivity contribution in [2.75, 3.05) is 11.5 Å².